The highest BCUT2D eigenvalue weighted by Gasteiger charge is 2.30. The van der Waals surface area contributed by atoms with E-state index in [1.54, 1.807) is 24.0 Å². The lowest BCUT2D eigenvalue weighted by Gasteiger charge is -2.20. The van der Waals surface area contributed by atoms with Crippen molar-refractivity contribution in [3.8, 4) is 17.1 Å². The Morgan fingerprint density at radius 3 is 2.90 bits per heavy atom. The maximum absolute atomic E-state index is 12.6. The number of alkyl halides is 3. The van der Waals surface area contributed by atoms with E-state index in [1.165, 1.54) is 12.4 Å². The molecule has 11 heteroatoms. The highest BCUT2D eigenvalue weighted by molar-refractivity contribution is 5.84. The molecule has 8 nitrogen and oxygen atoms in total. The number of carbonyl (C=O) groups is 1. The van der Waals surface area contributed by atoms with Gasteiger partial charge >= 0.3 is 6.18 Å². The second-order valence-corrected chi connectivity index (χ2v) is 7.17. The van der Waals surface area contributed by atoms with Gasteiger partial charge < -0.3 is 14.6 Å². The molecule has 1 aliphatic rings. The lowest BCUT2D eigenvalue weighted by atomic mass is 10.0. The number of carbonyl (C=O) groups excluding carboxylic acids is 1. The standard InChI is InChI=1S/C18H19F3N6O2/c1-10(11-3-15(28)22-5-11)29-17-16-14(23-9-26(16)2)4-13(25-17)12-6-24-27(7-12)8-18(19,20)21/h4,6-7,9-11H,3,5,8H2,1-2H3,(H,22,28)/t10-,11-/m1/s1. The Bertz CT molecular complexity index is 1060. The van der Waals surface area contributed by atoms with Gasteiger partial charge in [0.05, 0.1) is 23.7 Å². The van der Waals surface area contributed by atoms with Crippen LogP contribution in [0.5, 0.6) is 5.88 Å². The van der Waals surface area contributed by atoms with Crippen LogP contribution in [0.2, 0.25) is 0 Å². The van der Waals surface area contributed by atoms with Crippen LogP contribution in [0.15, 0.2) is 24.8 Å². The average molecular weight is 408 g/mol. The summed E-state index contributed by atoms with van der Waals surface area (Å²) in [4.78, 5) is 20.3. The number of fused-ring (bicyclic) bond motifs is 1. The van der Waals surface area contributed by atoms with Crippen LogP contribution in [0, 0.1) is 5.92 Å². The highest BCUT2D eigenvalue weighted by Crippen LogP contribution is 2.30. The van der Waals surface area contributed by atoms with E-state index in [9.17, 15) is 18.0 Å². The smallest absolute Gasteiger partial charge is 0.408 e. The molecular weight excluding hydrogens is 389 g/mol. The number of amides is 1. The van der Waals surface area contributed by atoms with E-state index in [0.717, 1.165) is 4.68 Å². The van der Waals surface area contributed by atoms with Crippen molar-refractivity contribution in [1.82, 2.24) is 29.6 Å². The van der Waals surface area contributed by atoms with Crippen LogP contribution in [0.25, 0.3) is 22.3 Å². The topological polar surface area (TPSA) is 86.9 Å². The van der Waals surface area contributed by atoms with E-state index in [2.05, 4.69) is 20.4 Å². The van der Waals surface area contributed by atoms with Crippen LogP contribution in [-0.4, -0.2) is 49.0 Å². The molecule has 154 valence electrons. The van der Waals surface area contributed by atoms with Gasteiger partial charge in [-0.3, -0.25) is 9.48 Å². The summed E-state index contributed by atoms with van der Waals surface area (Å²) in [6.07, 6.45) is -0.0470. The molecule has 1 saturated heterocycles. The lowest BCUT2D eigenvalue weighted by Crippen LogP contribution is -2.26. The molecule has 1 aliphatic heterocycles. The Morgan fingerprint density at radius 2 is 2.21 bits per heavy atom. The van der Waals surface area contributed by atoms with E-state index in [4.69, 9.17) is 4.74 Å². The van der Waals surface area contributed by atoms with Crippen molar-refractivity contribution in [1.29, 1.82) is 0 Å². The summed E-state index contributed by atoms with van der Waals surface area (Å²) in [6.45, 7) is 1.21. The predicted octanol–water partition coefficient (Wildman–Crippen LogP) is 2.30. The van der Waals surface area contributed by atoms with Gasteiger partial charge in [0.2, 0.25) is 11.8 Å². The fourth-order valence-electron chi connectivity index (χ4n) is 3.37. The monoisotopic (exact) mass is 408 g/mol. The molecule has 3 aromatic rings. The van der Waals surface area contributed by atoms with Gasteiger partial charge in [0.25, 0.3) is 0 Å². The van der Waals surface area contributed by atoms with Crippen LogP contribution in [0.4, 0.5) is 13.2 Å². The highest BCUT2D eigenvalue weighted by atomic mass is 19.4. The minimum absolute atomic E-state index is 0.00534. The fraction of sp³-hybridized carbons (Fsp3) is 0.444. The minimum Gasteiger partial charge on any atom is -0.473 e. The van der Waals surface area contributed by atoms with Gasteiger partial charge in [-0.1, -0.05) is 0 Å². The van der Waals surface area contributed by atoms with E-state index in [0.29, 0.717) is 41.1 Å². The summed E-state index contributed by atoms with van der Waals surface area (Å²) in [7, 11) is 1.80. The van der Waals surface area contributed by atoms with Crippen LogP contribution in [-0.2, 0) is 18.4 Å². The Hall–Kier alpha value is -3.11. The zero-order chi connectivity index (χ0) is 20.8. The van der Waals surface area contributed by atoms with Gasteiger partial charge in [-0.15, -0.1) is 0 Å². The molecule has 4 rings (SSSR count). The molecule has 0 unspecified atom stereocenters. The van der Waals surface area contributed by atoms with E-state index < -0.39 is 12.7 Å². The van der Waals surface area contributed by atoms with Crippen LogP contribution in [0.3, 0.4) is 0 Å². The second kappa shape index (κ2) is 7.05. The van der Waals surface area contributed by atoms with Gasteiger partial charge in [0, 0.05) is 37.7 Å². The number of halogens is 3. The minimum atomic E-state index is -4.36. The number of hydrogen-bond acceptors (Lipinski definition) is 5. The largest absolute Gasteiger partial charge is 0.473 e. The number of pyridine rings is 1. The third-order valence-electron chi connectivity index (χ3n) is 4.90. The molecule has 0 saturated carbocycles. The van der Waals surface area contributed by atoms with E-state index in [1.807, 2.05) is 6.92 Å². The molecule has 3 aromatic heterocycles. The number of nitrogens with zero attached hydrogens (tertiary/aromatic N) is 5. The van der Waals surface area contributed by atoms with E-state index >= 15 is 0 Å². The van der Waals surface area contributed by atoms with Crippen molar-refractivity contribution in [2.75, 3.05) is 6.54 Å². The van der Waals surface area contributed by atoms with Crippen molar-refractivity contribution in [3.63, 3.8) is 0 Å². The fourth-order valence-corrected chi connectivity index (χ4v) is 3.37. The summed E-state index contributed by atoms with van der Waals surface area (Å²) < 4.78 is 46.5. The van der Waals surface area contributed by atoms with Crippen molar-refractivity contribution in [2.45, 2.75) is 32.2 Å². The maximum atomic E-state index is 12.6. The number of imidazole rings is 1. The van der Waals surface area contributed by atoms with Gasteiger partial charge in [-0.2, -0.15) is 18.3 Å². The van der Waals surface area contributed by atoms with Crippen LogP contribution >= 0.6 is 0 Å². The first-order valence-corrected chi connectivity index (χ1v) is 9.04. The van der Waals surface area contributed by atoms with Gasteiger partial charge in [0.1, 0.15) is 18.2 Å². The molecule has 4 heterocycles. The third-order valence-corrected chi connectivity index (χ3v) is 4.90. The molecule has 29 heavy (non-hydrogen) atoms. The molecule has 1 fully saturated rings. The molecule has 1 amide bonds. The Morgan fingerprint density at radius 1 is 1.41 bits per heavy atom. The molecule has 2 atom stereocenters. The first-order chi connectivity index (χ1) is 13.7. The molecular formula is C18H19F3N6O2. The molecule has 0 bridgehead atoms. The van der Waals surface area contributed by atoms with Crippen molar-refractivity contribution >= 4 is 16.9 Å². The number of hydrogen-bond donors (Lipinski definition) is 1. The summed E-state index contributed by atoms with van der Waals surface area (Å²) in [5.41, 5.74) is 2.11. The van der Waals surface area contributed by atoms with Gasteiger partial charge in [-0.05, 0) is 13.0 Å². The van der Waals surface area contributed by atoms with Gasteiger partial charge in [0.15, 0.2) is 0 Å². The molecule has 0 spiro atoms. The zero-order valence-corrected chi connectivity index (χ0v) is 15.8. The summed E-state index contributed by atoms with van der Waals surface area (Å²) >= 11 is 0. The Balaban J connectivity index is 1.67. The number of rotatable bonds is 5. The van der Waals surface area contributed by atoms with Crippen molar-refractivity contribution < 1.29 is 22.7 Å². The van der Waals surface area contributed by atoms with E-state index in [-0.39, 0.29) is 17.9 Å². The van der Waals surface area contributed by atoms with Crippen LogP contribution in [0.1, 0.15) is 13.3 Å². The first-order valence-electron chi connectivity index (χ1n) is 9.04. The Labute approximate surface area is 163 Å². The lowest BCUT2D eigenvalue weighted by molar-refractivity contribution is -0.142. The number of aryl methyl sites for hydroxylation is 1. The normalized spacial score (nSPS) is 18.2. The Kier molecular flexibility index (Phi) is 4.67. The van der Waals surface area contributed by atoms with Gasteiger partial charge in [-0.25, -0.2) is 9.97 Å². The first kappa shape index (κ1) is 19.2. The molecule has 1 N–H and O–H groups in total. The zero-order valence-electron chi connectivity index (χ0n) is 15.8. The summed E-state index contributed by atoms with van der Waals surface area (Å²) in [5, 5.41) is 6.55. The molecule has 0 aromatic carbocycles. The average Bonchev–Trinajstić information content (AvgIpc) is 3.34. The van der Waals surface area contributed by atoms with Crippen LogP contribution < -0.4 is 10.1 Å². The number of aromatic nitrogens is 5. The van der Waals surface area contributed by atoms with Crippen molar-refractivity contribution in [2.24, 2.45) is 13.0 Å². The SMILES string of the molecule is C[C@@H](Oc1nc(-c2cnn(CC(F)(F)F)c2)cc2ncn(C)c12)[C@H]1CNC(=O)C1. The number of nitrogens with one attached hydrogen (secondary N) is 1. The maximum Gasteiger partial charge on any atom is 0.408 e. The van der Waals surface area contributed by atoms with Crippen molar-refractivity contribution in [3.05, 3.63) is 24.8 Å². The summed E-state index contributed by atoms with van der Waals surface area (Å²) in [5.74, 6) is 0.300. The predicted molar refractivity (Wildman–Crippen MR) is 97.0 cm³/mol. The number of ether oxygens (including phenoxy) is 1. The third kappa shape index (κ3) is 4.03. The second-order valence-electron chi connectivity index (χ2n) is 7.17. The molecule has 0 radical (unpaired) electrons. The quantitative estimate of drug-likeness (QED) is 0.700. The summed E-state index contributed by atoms with van der Waals surface area (Å²) in [6, 6.07) is 1.68. The molecule has 0 aliphatic carbocycles.